The van der Waals surface area contributed by atoms with Crippen molar-refractivity contribution < 1.29 is 19.3 Å². The zero-order chi connectivity index (χ0) is 9.15. The Morgan fingerprint density at radius 1 is 1.15 bits per heavy atom. The van der Waals surface area contributed by atoms with Crippen molar-refractivity contribution in [3.8, 4) is 0 Å². The van der Waals surface area contributed by atoms with Gasteiger partial charge in [0.1, 0.15) is 0 Å². The van der Waals surface area contributed by atoms with Crippen LogP contribution in [0.1, 0.15) is 12.8 Å². The maximum Gasteiger partial charge on any atom is 0.172 e. The zero-order valence-corrected chi connectivity index (χ0v) is 7.70. The first kappa shape index (κ1) is 9.40. The normalized spacial score (nSPS) is 29.3. The van der Waals surface area contributed by atoms with E-state index in [1.807, 2.05) is 0 Å². The van der Waals surface area contributed by atoms with Gasteiger partial charge in [-0.05, 0) is 0 Å². The van der Waals surface area contributed by atoms with Crippen LogP contribution in [-0.4, -0.2) is 43.9 Å². The first-order valence-electron chi connectivity index (χ1n) is 4.81. The van der Waals surface area contributed by atoms with E-state index in [1.54, 1.807) is 0 Å². The smallest absolute Gasteiger partial charge is 0.172 e. The van der Waals surface area contributed by atoms with E-state index >= 15 is 0 Å². The molecule has 2 rings (SSSR count). The topological polar surface area (TPSA) is 47.9 Å². The minimum absolute atomic E-state index is 0.145. The maximum atomic E-state index is 8.89. The van der Waals surface area contributed by atoms with E-state index in [-0.39, 0.29) is 12.5 Å². The van der Waals surface area contributed by atoms with Crippen molar-refractivity contribution >= 4 is 0 Å². The molecule has 0 aromatic heterocycles. The SMILES string of the molecule is OCC1COC2(CCOCC2)OC1. The standard InChI is InChI=1S/C9H16O4/c10-5-8-6-12-9(13-7-8)1-3-11-4-2-9/h8,10H,1-7H2. The van der Waals surface area contributed by atoms with Gasteiger partial charge in [0.25, 0.3) is 0 Å². The van der Waals surface area contributed by atoms with E-state index < -0.39 is 5.79 Å². The van der Waals surface area contributed by atoms with Gasteiger partial charge in [-0.1, -0.05) is 0 Å². The van der Waals surface area contributed by atoms with Crippen LogP contribution in [0.25, 0.3) is 0 Å². The molecule has 0 unspecified atom stereocenters. The van der Waals surface area contributed by atoms with Crippen LogP contribution in [0.2, 0.25) is 0 Å². The van der Waals surface area contributed by atoms with Gasteiger partial charge in [0, 0.05) is 18.8 Å². The molecule has 13 heavy (non-hydrogen) atoms. The summed E-state index contributed by atoms with van der Waals surface area (Å²) in [4.78, 5) is 0. The Morgan fingerprint density at radius 3 is 2.31 bits per heavy atom. The number of hydrogen-bond acceptors (Lipinski definition) is 4. The molecule has 0 aromatic carbocycles. The van der Waals surface area contributed by atoms with Crippen molar-refractivity contribution in [1.82, 2.24) is 0 Å². The molecule has 2 aliphatic rings. The van der Waals surface area contributed by atoms with Gasteiger partial charge in [-0.25, -0.2) is 0 Å². The molecule has 0 radical (unpaired) electrons. The number of ether oxygens (including phenoxy) is 3. The van der Waals surface area contributed by atoms with Gasteiger partial charge < -0.3 is 19.3 Å². The third-order valence-corrected chi connectivity index (χ3v) is 2.68. The van der Waals surface area contributed by atoms with Crippen LogP contribution in [0.15, 0.2) is 0 Å². The zero-order valence-electron chi connectivity index (χ0n) is 7.70. The quantitative estimate of drug-likeness (QED) is 0.636. The van der Waals surface area contributed by atoms with Crippen LogP contribution >= 0.6 is 0 Å². The second-order valence-corrected chi connectivity index (χ2v) is 3.69. The predicted molar refractivity (Wildman–Crippen MR) is 45.3 cm³/mol. The molecule has 0 aromatic rings. The van der Waals surface area contributed by atoms with Crippen molar-refractivity contribution in [3.63, 3.8) is 0 Å². The molecule has 2 heterocycles. The predicted octanol–water partition coefficient (Wildman–Crippen LogP) is 0.148. The lowest BCUT2D eigenvalue weighted by molar-refractivity contribution is -0.309. The van der Waals surface area contributed by atoms with E-state index in [9.17, 15) is 0 Å². The van der Waals surface area contributed by atoms with Gasteiger partial charge in [-0.3, -0.25) is 0 Å². The number of rotatable bonds is 1. The monoisotopic (exact) mass is 188 g/mol. The average molecular weight is 188 g/mol. The number of aliphatic hydroxyl groups is 1. The molecule has 0 aliphatic carbocycles. The van der Waals surface area contributed by atoms with Crippen LogP contribution in [0.4, 0.5) is 0 Å². The van der Waals surface area contributed by atoms with Crippen LogP contribution in [0.5, 0.6) is 0 Å². The van der Waals surface area contributed by atoms with Crippen molar-refractivity contribution in [2.75, 3.05) is 33.0 Å². The third-order valence-electron chi connectivity index (χ3n) is 2.68. The molecular weight excluding hydrogens is 172 g/mol. The Bertz CT molecular complexity index is 155. The van der Waals surface area contributed by atoms with Gasteiger partial charge in [0.05, 0.1) is 33.0 Å². The Hall–Kier alpha value is -0.160. The summed E-state index contributed by atoms with van der Waals surface area (Å²) in [6.45, 7) is 2.78. The van der Waals surface area contributed by atoms with Gasteiger partial charge in [0.15, 0.2) is 5.79 Å². The van der Waals surface area contributed by atoms with Crippen molar-refractivity contribution in [3.05, 3.63) is 0 Å². The Kier molecular flexibility index (Phi) is 2.83. The lowest BCUT2D eigenvalue weighted by Gasteiger charge is -2.41. The minimum atomic E-state index is -0.399. The molecule has 0 bridgehead atoms. The molecule has 0 atom stereocenters. The second kappa shape index (κ2) is 3.92. The molecule has 0 amide bonds. The Morgan fingerprint density at radius 2 is 1.77 bits per heavy atom. The summed E-state index contributed by atoms with van der Waals surface area (Å²) in [5.41, 5.74) is 0. The van der Waals surface area contributed by atoms with Gasteiger partial charge >= 0.3 is 0 Å². The molecular formula is C9H16O4. The first-order valence-corrected chi connectivity index (χ1v) is 4.81. The summed E-state index contributed by atoms with van der Waals surface area (Å²) in [6.07, 6.45) is 1.62. The largest absolute Gasteiger partial charge is 0.396 e. The molecule has 0 saturated carbocycles. The highest BCUT2D eigenvalue weighted by Gasteiger charge is 2.38. The molecule has 1 spiro atoms. The van der Waals surface area contributed by atoms with Crippen molar-refractivity contribution in [1.29, 1.82) is 0 Å². The third kappa shape index (κ3) is 2.02. The molecule has 2 saturated heterocycles. The van der Waals surface area contributed by atoms with Crippen LogP contribution in [0.3, 0.4) is 0 Å². The average Bonchev–Trinajstić information content (AvgIpc) is 2.20. The Balaban J connectivity index is 1.87. The second-order valence-electron chi connectivity index (χ2n) is 3.69. The maximum absolute atomic E-state index is 8.89. The van der Waals surface area contributed by atoms with Gasteiger partial charge in [-0.15, -0.1) is 0 Å². The van der Waals surface area contributed by atoms with Crippen LogP contribution in [-0.2, 0) is 14.2 Å². The molecule has 4 nitrogen and oxygen atoms in total. The fourth-order valence-corrected chi connectivity index (χ4v) is 1.71. The van der Waals surface area contributed by atoms with Gasteiger partial charge in [0.2, 0.25) is 0 Å². The van der Waals surface area contributed by atoms with Crippen molar-refractivity contribution in [2.45, 2.75) is 18.6 Å². The first-order chi connectivity index (χ1) is 6.35. The van der Waals surface area contributed by atoms with E-state index in [4.69, 9.17) is 19.3 Å². The number of hydrogen-bond donors (Lipinski definition) is 1. The summed E-state index contributed by atoms with van der Waals surface area (Å²) in [5, 5.41) is 8.89. The number of aliphatic hydroxyl groups excluding tert-OH is 1. The highest BCUT2D eigenvalue weighted by atomic mass is 16.7. The van der Waals surface area contributed by atoms with Gasteiger partial charge in [-0.2, -0.15) is 0 Å². The van der Waals surface area contributed by atoms with E-state index in [2.05, 4.69) is 0 Å². The fourth-order valence-electron chi connectivity index (χ4n) is 1.71. The van der Waals surface area contributed by atoms with E-state index in [0.717, 1.165) is 12.8 Å². The van der Waals surface area contributed by atoms with Crippen LogP contribution < -0.4 is 0 Å². The lowest BCUT2D eigenvalue weighted by Crippen LogP contribution is -2.48. The summed E-state index contributed by atoms with van der Waals surface area (Å²) in [7, 11) is 0. The summed E-state index contributed by atoms with van der Waals surface area (Å²) in [6, 6.07) is 0. The van der Waals surface area contributed by atoms with Crippen LogP contribution in [0, 0.1) is 5.92 Å². The minimum Gasteiger partial charge on any atom is -0.396 e. The molecule has 4 heteroatoms. The van der Waals surface area contributed by atoms with E-state index in [1.165, 1.54) is 0 Å². The fraction of sp³-hybridized carbons (Fsp3) is 1.00. The summed E-state index contributed by atoms with van der Waals surface area (Å²) in [5.74, 6) is -0.252. The molecule has 2 fully saturated rings. The molecule has 1 N–H and O–H groups in total. The summed E-state index contributed by atoms with van der Waals surface area (Å²) >= 11 is 0. The highest BCUT2D eigenvalue weighted by Crippen LogP contribution is 2.30. The lowest BCUT2D eigenvalue weighted by atomic mass is 10.0. The molecule has 76 valence electrons. The highest BCUT2D eigenvalue weighted by molar-refractivity contribution is 4.78. The molecule has 2 aliphatic heterocycles. The van der Waals surface area contributed by atoms with E-state index in [0.29, 0.717) is 26.4 Å². The summed E-state index contributed by atoms with van der Waals surface area (Å²) < 4.78 is 16.5. The Labute approximate surface area is 77.8 Å². The van der Waals surface area contributed by atoms with Crippen molar-refractivity contribution in [2.24, 2.45) is 5.92 Å².